The summed E-state index contributed by atoms with van der Waals surface area (Å²) >= 11 is 0. The normalized spacial score (nSPS) is 11.2. The first-order chi connectivity index (χ1) is 13.2. The molecule has 28 heavy (non-hydrogen) atoms. The van der Waals surface area contributed by atoms with Gasteiger partial charge in [0.05, 0.1) is 18.7 Å². The molecule has 6 nitrogen and oxygen atoms in total. The molecule has 0 radical (unpaired) electrons. The van der Waals surface area contributed by atoms with Gasteiger partial charge in [-0.05, 0) is 57.9 Å². The van der Waals surface area contributed by atoms with Crippen molar-refractivity contribution in [2.24, 2.45) is 0 Å². The van der Waals surface area contributed by atoms with E-state index in [1.165, 1.54) is 12.1 Å². The van der Waals surface area contributed by atoms with Gasteiger partial charge in [-0.15, -0.1) is 0 Å². The molecule has 7 heteroatoms. The molecule has 0 amide bonds. The standard InChI is InChI=1S/C21H27FN2O4/c1-6-15-17(19(25)27-7-2)16(12-23-14-10-8-9-13(22)11-14)24-18(15)20(26)28-21(3,4)5/h8-11,23-24H,6-7,12H2,1-5H3. The SMILES string of the molecule is CCOC(=O)c1c(CNc2cccc(F)c2)[nH]c(C(=O)OC(C)(C)C)c1CC. The van der Waals surface area contributed by atoms with Crippen LogP contribution >= 0.6 is 0 Å². The predicted octanol–water partition coefficient (Wildman–Crippen LogP) is 4.46. The zero-order valence-corrected chi connectivity index (χ0v) is 16.9. The Labute approximate surface area is 164 Å². The lowest BCUT2D eigenvalue weighted by molar-refractivity contribution is 0.00622. The second-order valence-electron chi connectivity index (χ2n) is 7.27. The van der Waals surface area contributed by atoms with Gasteiger partial charge in [0.1, 0.15) is 17.1 Å². The van der Waals surface area contributed by atoms with E-state index in [1.807, 2.05) is 6.92 Å². The molecule has 0 saturated carbocycles. The number of aromatic amines is 1. The number of nitrogens with one attached hydrogen (secondary N) is 2. The van der Waals surface area contributed by atoms with Crippen molar-refractivity contribution in [3.63, 3.8) is 0 Å². The number of ether oxygens (including phenoxy) is 2. The summed E-state index contributed by atoms with van der Waals surface area (Å²) in [6.07, 6.45) is 0.444. The molecule has 2 N–H and O–H groups in total. The van der Waals surface area contributed by atoms with Gasteiger partial charge < -0.3 is 19.8 Å². The van der Waals surface area contributed by atoms with Crippen molar-refractivity contribution in [2.45, 2.75) is 53.2 Å². The molecular weight excluding hydrogens is 363 g/mol. The van der Waals surface area contributed by atoms with E-state index in [0.29, 0.717) is 28.9 Å². The topological polar surface area (TPSA) is 80.4 Å². The van der Waals surface area contributed by atoms with Crippen molar-refractivity contribution in [3.8, 4) is 0 Å². The van der Waals surface area contributed by atoms with Crippen LogP contribution in [0.15, 0.2) is 24.3 Å². The summed E-state index contributed by atoms with van der Waals surface area (Å²) in [5, 5.41) is 3.06. The highest BCUT2D eigenvalue weighted by Gasteiger charge is 2.29. The van der Waals surface area contributed by atoms with E-state index in [1.54, 1.807) is 39.8 Å². The third-order valence-corrected chi connectivity index (χ3v) is 3.91. The third kappa shape index (κ3) is 5.34. The molecule has 0 spiro atoms. The van der Waals surface area contributed by atoms with Crippen LogP contribution in [0.2, 0.25) is 0 Å². The Balaban J connectivity index is 2.41. The van der Waals surface area contributed by atoms with E-state index >= 15 is 0 Å². The zero-order chi connectivity index (χ0) is 20.9. The number of hydrogen-bond donors (Lipinski definition) is 2. The fraction of sp³-hybridized carbons (Fsp3) is 0.429. The van der Waals surface area contributed by atoms with Gasteiger partial charge in [-0.1, -0.05) is 13.0 Å². The van der Waals surface area contributed by atoms with Crippen molar-refractivity contribution in [1.82, 2.24) is 4.98 Å². The van der Waals surface area contributed by atoms with Gasteiger partial charge >= 0.3 is 11.9 Å². The molecular formula is C21H27FN2O4. The average molecular weight is 390 g/mol. The number of anilines is 1. The lowest BCUT2D eigenvalue weighted by Crippen LogP contribution is -2.24. The van der Waals surface area contributed by atoms with Crippen LogP contribution < -0.4 is 5.32 Å². The number of carbonyl (C=O) groups excluding carboxylic acids is 2. The molecule has 0 atom stereocenters. The van der Waals surface area contributed by atoms with Crippen LogP contribution in [0.3, 0.4) is 0 Å². The molecule has 0 bridgehead atoms. The first-order valence-corrected chi connectivity index (χ1v) is 9.29. The van der Waals surface area contributed by atoms with E-state index in [0.717, 1.165) is 0 Å². The Kier molecular flexibility index (Phi) is 6.83. The van der Waals surface area contributed by atoms with Crippen molar-refractivity contribution in [3.05, 3.63) is 52.6 Å². The minimum absolute atomic E-state index is 0.188. The molecule has 2 aromatic rings. The highest BCUT2D eigenvalue weighted by molar-refractivity contribution is 5.99. The van der Waals surface area contributed by atoms with Crippen LogP contribution in [0.4, 0.5) is 10.1 Å². The molecule has 0 fully saturated rings. The summed E-state index contributed by atoms with van der Waals surface area (Å²) in [5.41, 5.74) is 1.47. The second kappa shape index (κ2) is 8.91. The summed E-state index contributed by atoms with van der Waals surface area (Å²) in [6, 6.07) is 6.00. The molecule has 0 aliphatic rings. The highest BCUT2D eigenvalue weighted by Crippen LogP contribution is 2.25. The molecule has 0 aliphatic heterocycles. The van der Waals surface area contributed by atoms with Gasteiger partial charge in [0, 0.05) is 11.4 Å². The maximum absolute atomic E-state index is 13.4. The maximum Gasteiger partial charge on any atom is 0.355 e. The van der Waals surface area contributed by atoms with Crippen molar-refractivity contribution >= 4 is 17.6 Å². The van der Waals surface area contributed by atoms with Gasteiger partial charge in [0.25, 0.3) is 0 Å². The first kappa shape index (κ1) is 21.5. The summed E-state index contributed by atoms with van der Waals surface area (Å²) in [6.45, 7) is 9.30. The van der Waals surface area contributed by atoms with Crippen LogP contribution in [0.25, 0.3) is 0 Å². The van der Waals surface area contributed by atoms with Crippen LogP contribution in [-0.4, -0.2) is 29.1 Å². The quantitative estimate of drug-likeness (QED) is 0.682. The number of H-pyrrole nitrogens is 1. The molecule has 0 saturated heterocycles. The molecule has 1 heterocycles. The zero-order valence-electron chi connectivity index (χ0n) is 16.9. The van der Waals surface area contributed by atoms with E-state index in [2.05, 4.69) is 10.3 Å². The van der Waals surface area contributed by atoms with Gasteiger partial charge in [-0.3, -0.25) is 0 Å². The van der Waals surface area contributed by atoms with E-state index < -0.39 is 17.5 Å². The van der Waals surface area contributed by atoms with Gasteiger partial charge in [0.15, 0.2) is 0 Å². The Hall–Kier alpha value is -2.83. The Morgan fingerprint density at radius 1 is 1.18 bits per heavy atom. The molecule has 1 aromatic carbocycles. The predicted molar refractivity (Wildman–Crippen MR) is 105 cm³/mol. The van der Waals surface area contributed by atoms with Crippen LogP contribution in [0, 0.1) is 5.82 Å². The number of halogens is 1. The Morgan fingerprint density at radius 2 is 1.89 bits per heavy atom. The monoisotopic (exact) mass is 390 g/mol. The van der Waals surface area contributed by atoms with Gasteiger partial charge in [-0.25, -0.2) is 14.0 Å². The molecule has 1 aromatic heterocycles. The minimum atomic E-state index is -0.669. The molecule has 0 unspecified atom stereocenters. The number of benzene rings is 1. The molecule has 2 rings (SSSR count). The van der Waals surface area contributed by atoms with E-state index in [-0.39, 0.29) is 24.7 Å². The lowest BCUT2D eigenvalue weighted by atomic mass is 10.1. The van der Waals surface area contributed by atoms with Crippen LogP contribution in [-0.2, 0) is 22.4 Å². The largest absolute Gasteiger partial charge is 0.462 e. The summed E-state index contributed by atoms with van der Waals surface area (Å²) in [5.74, 6) is -1.42. The third-order valence-electron chi connectivity index (χ3n) is 3.91. The number of aromatic nitrogens is 1. The van der Waals surface area contributed by atoms with Crippen molar-refractivity contribution in [2.75, 3.05) is 11.9 Å². The summed E-state index contributed by atoms with van der Waals surface area (Å²) in [7, 11) is 0. The van der Waals surface area contributed by atoms with Gasteiger partial charge in [0.2, 0.25) is 0 Å². The minimum Gasteiger partial charge on any atom is -0.462 e. The molecule has 0 aliphatic carbocycles. The summed E-state index contributed by atoms with van der Waals surface area (Å²) in [4.78, 5) is 28.2. The number of esters is 2. The fourth-order valence-electron chi connectivity index (χ4n) is 2.82. The first-order valence-electron chi connectivity index (χ1n) is 9.29. The number of rotatable bonds is 7. The van der Waals surface area contributed by atoms with E-state index in [4.69, 9.17) is 9.47 Å². The summed E-state index contributed by atoms with van der Waals surface area (Å²) < 4.78 is 24.0. The lowest BCUT2D eigenvalue weighted by Gasteiger charge is -2.19. The fourth-order valence-corrected chi connectivity index (χ4v) is 2.82. The highest BCUT2D eigenvalue weighted by atomic mass is 19.1. The number of carbonyl (C=O) groups is 2. The molecule has 152 valence electrons. The average Bonchev–Trinajstić information content (AvgIpc) is 2.97. The van der Waals surface area contributed by atoms with Crippen LogP contribution in [0.1, 0.15) is 66.7 Å². The second-order valence-corrected chi connectivity index (χ2v) is 7.27. The van der Waals surface area contributed by atoms with Crippen molar-refractivity contribution in [1.29, 1.82) is 0 Å². The van der Waals surface area contributed by atoms with Crippen LogP contribution in [0.5, 0.6) is 0 Å². The van der Waals surface area contributed by atoms with Gasteiger partial charge in [-0.2, -0.15) is 0 Å². The smallest absolute Gasteiger partial charge is 0.355 e. The van der Waals surface area contributed by atoms with Crippen molar-refractivity contribution < 1.29 is 23.5 Å². The Morgan fingerprint density at radius 3 is 2.46 bits per heavy atom. The van der Waals surface area contributed by atoms with E-state index in [9.17, 15) is 14.0 Å². The number of hydrogen-bond acceptors (Lipinski definition) is 5. The maximum atomic E-state index is 13.4. The Bertz CT molecular complexity index is 853.